The molecule has 1 saturated heterocycles. The Morgan fingerprint density at radius 1 is 1.04 bits per heavy atom. The highest BCUT2D eigenvalue weighted by Crippen LogP contribution is 2.36. The minimum Gasteiger partial charge on any atom is -0.454 e. The van der Waals surface area contributed by atoms with Crippen LogP contribution < -0.4 is 14.8 Å². The predicted octanol–water partition coefficient (Wildman–Crippen LogP) is 3.68. The number of nitrogens with zero attached hydrogens (tertiary/aromatic N) is 1. The molecule has 4 rings (SSSR count). The maximum Gasteiger partial charge on any atom is 0.251 e. The first kappa shape index (κ1) is 20.4. The Hall–Kier alpha value is -2.38. The summed E-state index contributed by atoms with van der Waals surface area (Å²) < 4.78 is 37.3. The minimum atomic E-state index is -1.03. The Morgan fingerprint density at radius 2 is 1.79 bits per heavy atom. The summed E-state index contributed by atoms with van der Waals surface area (Å²) in [7, 11) is 0. The summed E-state index contributed by atoms with van der Waals surface area (Å²) in [5, 5.41) is 2.85. The lowest BCUT2D eigenvalue weighted by atomic mass is 10.0. The lowest BCUT2D eigenvalue weighted by Gasteiger charge is -2.28. The van der Waals surface area contributed by atoms with Gasteiger partial charge >= 0.3 is 0 Å². The zero-order valence-electron chi connectivity index (χ0n) is 15.1. The van der Waals surface area contributed by atoms with Crippen LogP contribution in [-0.4, -0.2) is 37.2 Å². The van der Waals surface area contributed by atoms with Gasteiger partial charge < -0.3 is 14.8 Å². The topological polar surface area (TPSA) is 50.8 Å². The van der Waals surface area contributed by atoms with Crippen molar-refractivity contribution in [2.24, 2.45) is 0 Å². The van der Waals surface area contributed by atoms with Crippen LogP contribution in [0, 0.1) is 11.6 Å². The molecule has 28 heavy (non-hydrogen) atoms. The highest BCUT2D eigenvalue weighted by molar-refractivity contribution is 5.94. The fourth-order valence-electron chi connectivity index (χ4n) is 3.56. The molecule has 0 aliphatic carbocycles. The standard InChI is InChI=1S/C20H20F2N2O3.ClH/c21-15-5-3-14(9-16(15)22)20(25)23-11-17(24-7-1-2-8-24)13-4-6-18-19(10-13)27-12-26-18;/h3-6,9-10,17H,1-2,7-8,11-12H2,(H,23,25);1H. The number of nitrogens with one attached hydrogen (secondary N) is 1. The van der Waals surface area contributed by atoms with Crippen molar-refractivity contribution in [1.82, 2.24) is 10.2 Å². The third-order valence-corrected chi connectivity index (χ3v) is 5.00. The van der Waals surface area contributed by atoms with E-state index in [-0.39, 0.29) is 30.8 Å². The van der Waals surface area contributed by atoms with Gasteiger partial charge in [0.1, 0.15) is 0 Å². The molecule has 2 aliphatic rings. The number of rotatable bonds is 5. The lowest BCUT2D eigenvalue weighted by molar-refractivity contribution is 0.0937. The third-order valence-electron chi connectivity index (χ3n) is 5.00. The normalized spacial score (nSPS) is 16.5. The van der Waals surface area contributed by atoms with Gasteiger partial charge in [-0.05, 0) is 61.8 Å². The van der Waals surface area contributed by atoms with Gasteiger partial charge in [-0.2, -0.15) is 0 Å². The molecular weight excluding hydrogens is 390 g/mol. The van der Waals surface area contributed by atoms with Crippen molar-refractivity contribution in [3.63, 3.8) is 0 Å². The summed E-state index contributed by atoms with van der Waals surface area (Å²) in [5.41, 5.74) is 1.12. The number of carbonyl (C=O) groups is 1. The first-order valence-corrected chi connectivity index (χ1v) is 8.98. The maximum absolute atomic E-state index is 13.4. The number of amides is 1. The summed E-state index contributed by atoms with van der Waals surface area (Å²) in [6.07, 6.45) is 2.22. The van der Waals surface area contributed by atoms with Crippen LogP contribution in [0.4, 0.5) is 8.78 Å². The number of fused-ring (bicyclic) bond motifs is 1. The molecule has 1 amide bonds. The highest BCUT2D eigenvalue weighted by Gasteiger charge is 2.26. The number of hydrogen-bond donors (Lipinski definition) is 1. The van der Waals surface area contributed by atoms with Gasteiger partial charge in [-0.3, -0.25) is 9.69 Å². The summed E-state index contributed by atoms with van der Waals surface area (Å²) in [4.78, 5) is 14.7. The second-order valence-electron chi connectivity index (χ2n) is 6.71. The van der Waals surface area contributed by atoms with Gasteiger partial charge in [0.05, 0.1) is 6.04 Å². The van der Waals surface area contributed by atoms with Crippen LogP contribution in [0.3, 0.4) is 0 Å². The second kappa shape index (κ2) is 8.75. The molecule has 8 heteroatoms. The quantitative estimate of drug-likeness (QED) is 0.817. The molecule has 1 fully saturated rings. The summed E-state index contributed by atoms with van der Waals surface area (Å²) in [6, 6.07) is 8.90. The average Bonchev–Trinajstić information content (AvgIpc) is 3.35. The number of likely N-dealkylation sites (tertiary alicyclic amines) is 1. The van der Waals surface area contributed by atoms with Crippen molar-refractivity contribution < 1.29 is 23.0 Å². The van der Waals surface area contributed by atoms with E-state index in [2.05, 4.69) is 10.2 Å². The minimum absolute atomic E-state index is 0. The Kier molecular flexibility index (Phi) is 6.36. The maximum atomic E-state index is 13.4. The third kappa shape index (κ3) is 4.20. The molecule has 1 unspecified atom stereocenters. The molecule has 2 aromatic rings. The van der Waals surface area contributed by atoms with E-state index >= 15 is 0 Å². The molecule has 2 aromatic carbocycles. The van der Waals surface area contributed by atoms with Crippen molar-refractivity contribution in [3.8, 4) is 11.5 Å². The smallest absolute Gasteiger partial charge is 0.251 e. The second-order valence-corrected chi connectivity index (χ2v) is 6.71. The molecule has 0 bridgehead atoms. The van der Waals surface area contributed by atoms with Crippen molar-refractivity contribution in [2.45, 2.75) is 18.9 Å². The number of carbonyl (C=O) groups excluding carboxylic acids is 1. The van der Waals surface area contributed by atoms with Gasteiger partial charge in [0.15, 0.2) is 23.1 Å². The Morgan fingerprint density at radius 3 is 2.54 bits per heavy atom. The van der Waals surface area contributed by atoms with Crippen LogP contribution in [0.15, 0.2) is 36.4 Å². The fourth-order valence-corrected chi connectivity index (χ4v) is 3.56. The summed E-state index contributed by atoms with van der Waals surface area (Å²) in [6.45, 7) is 2.46. The summed E-state index contributed by atoms with van der Waals surface area (Å²) >= 11 is 0. The van der Waals surface area contributed by atoms with Gasteiger partial charge in [0, 0.05) is 12.1 Å². The van der Waals surface area contributed by atoms with Crippen LogP contribution in [0.25, 0.3) is 0 Å². The Bertz CT molecular complexity index is 859. The Labute approximate surface area is 168 Å². The largest absolute Gasteiger partial charge is 0.454 e. The molecule has 0 aromatic heterocycles. The molecule has 1 N–H and O–H groups in total. The van der Waals surface area contributed by atoms with Gasteiger partial charge in [-0.15, -0.1) is 12.4 Å². The molecule has 2 aliphatic heterocycles. The first-order chi connectivity index (χ1) is 13.1. The molecule has 0 radical (unpaired) electrons. The monoisotopic (exact) mass is 410 g/mol. The van der Waals surface area contributed by atoms with Crippen LogP contribution in [0.5, 0.6) is 11.5 Å². The predicted molar refractivity (Wildman–Crippen MR) is 102 cm³/mol. The molecule has 0 saturated carbocycles. The fraction of sp³-hybridized carbons (Fsp3) is 0.350. The van der Waals surface area contributed by atoms with E-state index < -0.39 is 17.5 Å². The van der Waals surface area contributed by atoms with Crippen molar-refractivity contribution in [2.75, 3.05) is 26.4 Å². The first-order valence-electron chi connectivity index (χ1n) is 8.98. The summed E-state index contributed by atoms with van der Waals surface area (Å²) in [5.74, 6) is -1.02. The van der Waals surface area contributed by atoms with E-state index in [1.165, 1.54) is 6.07 Å². The van der Waals surface area contributed by atoms with E-state index in [1.54, 1.807) is 0 Å². The molecule has 2 heterocycles. The molecule has 5 nitrogen and oxygen atoms in total. The highest BCUT2D eigenvalue weighted by atomic mass is 35.5. The van der Waals surface area contributed by atoms with E-state index in [0.29, 0.717) is 18.0 Å². The van der Waals surface area contributed by atoms with Crippen LogP contribution in [0.2, 0.25) is 0 Å². The van der Waals surface area contributed by atoms with Gasteiger partial charge in [-0.1, -0.05) is 6.07 Å². The lowest BCUT2D eigenvalue weighted by Crippen LogP contribution is -2.36. The van der Waals surface area contributed by atoms with E-state index in [0.717, 1.165) is 43.6 Å². The average molecular weight is 411 g/mol. The zero-order chi connectivity index (χ0) is 18.8. The number of benzene rings is 2. The molecule has 0 spiro atoms. The van der Waals surface area contributed by atoms with Gasteiger partial charge in [0.25, 0.3) is 5.91 Å². The van der Waals surface area contributed by atoms with E-state index in [9.17, 15) is 13.6 Å². The Balaban J connectivity index is 0.00000225. The number of ether oxygens (including phenoxy) is 2. The van der Waals surface area contributed by atoms with Gasteiger partial charge in [-0.25, -0.2) is 8.78 Å². The molecule has 150 valence electrons. The van der Waals surface area contributed by atoms with Crippen LogP contribution >= 0.6 is 12.4 Å². The van der Waals surface area contributed by atoms with Crippen molar-refractivity contribution in [1.29, 1.82) is 0 Å². The van der Waals surface area contributed by atoms with Crippen molar-refractivity contribution in [3.05, 3.63) is 59.2 Å². The van der Waals surface area contributed by atoms with E-state index in [1.807, 2.05) is 18.2 Å². The van der Waals surface area contributed by atoms with E-state index in [4.69, 9.17) is 9.47 Å². The number of halogens is 3. The zero-order valence-corrected chi connectivity index (χ0v) is 15.9. The van der Waals surface area contributed by atoms with Crippen LogP contribution in [-0.2, 0) is 0 Å². The molecule has 1 atom stereocenters. The SMILES string of the molecule is Cl.O=C(NCC(c1ccc2c(c1)OCO2)N1CCCC1)c1ccc(F)c(F)c1. The molecular formula is C20H21ClF2N2O3. The number of hydrogen-bond acceptors (Lipinski definition) is 4. The van der Waals surface area contributed by atoms with Crippen LogP contribution in [0.1, 0.15) is 34.8 Å². The van der Waals surface area contributed by atoms with Crippen molar-refractivity contribution >= 4 is 18.3 Å². The van der Waals surface area contributed by atoms with Gasteiger partial charge in [0.2, 0.25) is 6.79 Å².